The van der Waals surface area contributed by atoms with Gasteiger partial charge < -0.3 is 25.3 Å². The fourth-order valence-corrected chi connectivity index (χ4v) is 5.62. The predicted molar refractivity (Wildman–Crippen MR) is 157 cm³/mol. The summed E-state index contributed by atoms with van der Waals surface area (Å²) in [6.45, 7) is 3.73. The lowest BCUT2D eigenvalue weighted by atomic mass is 10.0. The van der Waals surface area contributed by atoms with Crippen LogP contribution in [0.4, 0.5) is 0 Å². The number of oxazole rings is 1. The first-order valence-corrected chi connectivity index (χ1v) is 14.7. The summed E-state index contributed by atoms with van der Waals surface area (Å²) in [6.07, 6.45) is 4.58. The SMILES string of the molecule is CC(C)[C@@H]1NC(=O)CN(C(=O)c2ccncc2)CCNC(=O)c2coc(n2)[C@H](Cc2ccccc2)NC(=O)c2csc1n2. The molecule has 0 spiro atoms. The minimum Gasteiger partial charge on any atom is -0.446 e. The molecule has 4 amide bonds. The molecule has 3 N–H and O–H groups in total. The molecule has 12 nitrogen and oxygen atoms in total. The minimum absolute atomic E-state index is 0.0175. The maximum Gasteiger partial charge on any atom is 0.273 e. The van der Waals surface area contributed by atoms with Crippen molar-refractivity contribution >= 4 is 35.0 Å². The van der Waals surface area contributed by atoms with E-state index < -0.39 is 29.8 Å². The molecule has 0 unspecified atom stereocenters. The van der Waals surface area contributed by atoms with E-state index in [1.807, 2.05) is 44.2 Å². The van der Waals surface area contributed by atoms with Gasteiger partial charge in [0.15, 0.2) is 5.69 Å². The number of nitrogens with one attached hydrogen (secondary N) is 3. The van der Waals surface area contributed by atoms with E-state index in [1.165, 1.54) is 34.9 Å². The van der Waals surface area contributed by atoms with Gasteiger partial charge in [-0.1, -0.05) is 44.2 Å². The molecule has 0 radical (unpaired) electrons. The van der Waals surface area contributed by atoms with E-state index in [0.717, 1.165) is 5.56 Å². The summed E-state index contributed by atoms with van der Waals surface area (Å²) >= 11 is 1.26. The summed E-state index contributed by atoms with van der Waals surface area (Å²) in [5, 5.41) is 10.9. The van der Waals surface area contributed by atoms with Crippen molar-refractivity contribution in [2.45, 2.75) is 32.4 Å². The van der Waals surface area contributed by atoms with Crippen molar-refractivity contribution in [2.75, 3.05) is 19.6 Å². The second-order valence-electron chi connectivity index (χ2n) is 10.4. The van der Waals surface area contributed by atoms with Gasteiger partial charge in [0.25, 0.3) is 17.7 Å². The zero-order chi connectivity index (χ0) is 30.3. The fraction of sp³-hybridized carbons (Fsp3) is 0.300. The Hall–Kier alpha value is -4.91. The van der Waals surface area contributed by atoms with E-state index in [0.29, 0.717) is 17.0 Å². The summed E-state index contributed by atoms with van der Waals surface area (Å²) in [4.78, 5) is 67.1. The van der Waals surface area contributed by atoms with Crippen LogP contribution in [0.2, 0.25) is 0 Å². The second kappa shape index (κ2) is 13.4. The first-order chi connectivity index (χ1) is 20.8. The van der Waals surface area contributed by atoms with Crippen LogP contribution < -0.4 is 16.0 Å². The third kappa shape index (κ3) is 7.30. The molecular formula is C30H31N7O5S. The molecule has 13 heteroatoms. The lowest BCUT2D eigenvalue weighted by molar-refractivity contribution is -0.122. The van der Waals surface area contributed by atoms with E-state index in [4.69, 9.17) is 4.42 Å². The number of carbonyl (C=O) groups is 4. The Morgan fingerprint density at radius 1 is 1.02 bits per heavy atom. The van der Waals surface area contributed by atoms with Gasteiger partial charge in [-0.3, -0.25) is 24.2 Å². The lowest BCUT2D eigenvalue weighted by Gasteiger charge is -2.25. The van der Waals surface area contributed by atoms with Crippen molar-refractivity contribution in [3.05, 3.63) is 99.9 Å². The highest BCUT2D eigenvalue weighted by Crippen LogP contribution is 2.26. The number of nitrogens with zero attached hydrogens (tertiary/aromatic N) is 4. The van der Waals surface area contributed by atoms with Crippen LogP contribution in [-0.2, 0) is 11.2 Å². The predicted octanol–water partition coefficient (Wildman–Crippen LogP) is 2.94. The van der Waals surface area contributed by atoms with E-state index in [-0.39, 0.29) is 48.7 Å². The Kier molecular flexibility index (Phi) is 9.20. The van der Waals surface area contributed by atoms with Crippen molar-refractivity contribution in [3.8, 4) is 0 Å². The maximum absolute atomic E-state index is 13.4. The summed E-state index contributed by atoms with van der Waals surface area (Å²) in [6, 6.07) is 11.5. The van der Waals surface area contributed by atoms with Crippen molar-refractivity contribution in [1.82, 2.24) is 35.8 Å². The minimum atomic E-state index is -0.686. The van der Waals surface area contributed by atoms with Crippen LogP contribution in [0.3, 0.4) is 0 Å². The quantitative estimate of drug-likeness (QED) is 0.322. The van der Waals surface area contributed by atoms with Gasteiger partial charge in [0.05, 0.1) is 12.6 Å². The first-order valence-electron chi connectivity index (χ1n) is 13.8. The van der Waals surface area contributed by atoms with Gasteiger partial charge in [0, 0.05) is 42.8 Å². The topological polar surface area (TPSA) is 159 Å². The number of fused-ring (bicyclic) bond motifs is 4. The zero-order valence-electron chi connectivity index (χ0n) is 23.6. The van der Waals surface area contributed by atoms with Gasteiger partial charge >= 0.3 is 0 Å². The molecule has 4 aromatic rings. The van der Waals surface area contributed by atoms with E-state index in [2.05, 4.69) is 30.9 Å². The Balaban J connectivity index is 1.47. The number of carbonyl (C=O) groups excluding carboxylic acids is 4. The van der Waals surface area contributed by atoms with Crippen LogP contribution in [-0.4, -0.2) is 63.1 Å². The molecule has 0 saturated heterocycles. The fourth-order valence-electron chi connectivity index (χ4n) is 4.60. The third-order valence-electron chi connectivity index (χ3n) is 6.86. The number of benzene rings is 1. The Morgan fingerprint density at radius 2 is 1.79 bits per heavy atom. The molecule has 3 aromatic heterocycles. The molecule has 1 aliphatic rings. The van der Waals surface area contributed by atoms with Gasteiger partial charge in [-0.15, -0.1) is 11.3 Å². The van der Waals surface area contributed by atoms with Gasteiger partial charge in [-0.05, 0) is 23.6 Å². The molecule has 0 fully saturated rings. The highest BCUT2D eigenvalue weighted by atomic mass is 32.1. The number of hydrogen-bond donors (Lipinski definition) is 3. The molecule has 1 aliphatic heterocycles. The van der Waals surface area contributed by atoms with Crippen molar-refractivity contribution < 1.29 is 23.6 Å². The number of thiazole rings is 1. The summed E-state index contributed by atoms with van der Waals surface area (Å²) < 4.78 is 5.67. The van der Waals surface area contributed by atoms with Gasteiger partial charge in [0.1, 0.15) is 23.0 Å². The Labute approximate surface area is 251 Å². The molecule has 0 aliphatic carbocycles. The average Bonchev–Trinajstić information content (AvgIpc) is 3.70. The lowest BCUT2D eigenvalue weighted by Crippen LogP contribution is -2.45. The van der Waals surface area contributed by atoms with Gasteiger partial charge in [0.2, 0.25) is 11.8 Å². The molecule has 1 aromatic carbocycles. The number of rotatable bonds is 4. The number of aromatic nitrogens is 3. The van der Waals surface area contributed by atoms with Crippen molar-refractivity contribution in [3.63, 3.8) is 0 Å². The van der Waals surface area contributed by atoms with Crippen LogP contribution in [0, 0.1) is 5.92 Å². The van der Waals surface area contributed by atoms with Crippen LogP contribution in [0.15, 0.2) is 70.9 Å². The second-order valence-corrected chi connectivity index (χ2v) is 11.3. The molecule has 2 atom stereocenters. The molecule has 0 saturated carbocycles. The van der Waals surface area contributed by atoms with Gasteiger partial charge in [-0.25, -0.2) is 9.97 Å². The average molecular weight is 602 g/mol. The monoisotopic (exact) mass is 601 g/mol. The maximum atomic E-state index is 13.4. The van der Waals surface area contributed by atoms with Gasteiger partial charge in [-0.2, -0.15) is 0 Å². The van der Waals surface area contributed by atoms with E-state index >= 15 is 0 Å². The van der Waals surface area contributed by atoms with Crippen molar-refractivity contribution in [2.24, 2.45) is 5.92 Å². The Bertz CT molecular complexity index is 1590. The van der Waals surface area contributed by atoms with E-state index in [1.54, 1.807) is 17.5 Å². The summed E-state index contributed by atoms with van der Waals surface area (Å²) in [7, 11) is 0. The summed E-state index contributed by atoms with van der Waals surface area (Å²) in [5.74, 6) is -1.65. The normalized spacial score (nSPS) is 18.3. The van der Waals surface area contributed by atoms with E-state index in [9.17, 15) is 19.2 Å². The first kappa shape index (κ1) is 29.6. The smallest absolute Gasteiger partial charge is 0.273 e. The van der Waals surface area contributed by atoms with Crippen LogP contribution in [0.25, 0.3) is 0 Å². The Morgan fingerprint density at radius 3 is 2.53 bits per heavy atom. The molecule has 43 heavy (non-hydrogen) atoms. The van der Waals surface area contributed by atoms with Crippen LogP contribution >= 0.6 is 11.3 Å². The standard InChI is InChI=1S/C30H31N7O5S/c1-18(2)25-29-35-23(17-43-29)27(40)33-21(14-19-6-4-3-5-7-19)28-34-22(16-42-28)26(39)32-12-13-37(15-24(38)36-25)30(41)20-8-10-31-11-9-20/h3-11,16-18,21,25H,12-15H2,1-2H3,(H,32,39)(H,33,40)(H,36,38)/t21-,25-/m0/s1. The van der Waals surface area contributed by atoms with Crippen LogP contribution in [0.5, 0.6) is 0 Å². The molecule has 4 heterocycles. The number of amides is 4. The number of hydrogen-bond acceptors (Lipinski definition) is 9. The highest BCUT2D eigenvalue weighted by Gasteiger charge is 2.28. The molecule has 222 valence electrons. The third-order valence-corrected chi connectivity index (χ3v) is 7.79. The molecule has 5 rings (SSSR count). The van der Waals surface area contributed by atoms with Crippen LogP contribution in [0.1, 0.15) is 73.7 Å². The largest absolute Gasteiger partial charge is 0.446 e. The molecular weight excluding hydrogens is 570 g/mol. The zero-order valence-corrected chi connectivity index (χ0v) is 24.5. The van der Waals surface area contributed by atoms with Crippen molar-refractivity contribution in [1.29, 1.82) is 0 Å². The highest BCUT2D eigenvalue weighted by molar-refractivity contribution is 7.09. The number of pyridine rings is 1. The molecule has 4 bridgehead atoms. The summed E-state index contributed by atoms with van der Waals surface area (Å²) in [5.41, 5.74) is 1.49.